The number of carbonyl (C=O) groups is 1. The number of hydrogen-bond acceptors (Lipinski definition) is 2. The van der Waals surface area contributed by atoms with Crippen molar-refractivity contribution < 1.29 is 4.79 Å². The maximum Gasteiger partial charge on any atom is 0.184 e. The van der Waals surface area contributed by atoms with Gasteiger partial charge in [0.05, 0.1) is 10.7 Å². The normalized spacial score (nSPS) is 10.5. The first-order valence-electron chi connectivity index (χ1n) is 5.34. The van der Waals surface area contributed by atoms with Gasteiger partial charge in [-0.25, -0.2) is 0 Å². The molecule has 0 radical (unpaired) electrons. The van der Waals surface area contributed by atoms with Gasteiger partial charge in [-0.15, -0.1) is 0 Å². The average molecular weight is 293 g/mol. The lowest BCUT2D eigenvalue weighted by Gasteiger charge is -2.06. The quantitative estimate of drug-likeness (QED) is 0.815. The number of rotatable bonds is 3. The van der Waals surface area contributed by atoms with Gasteiger partial charge < -0.3 is 0 Å². The summed E-state index contributed by atoms with van der Waals surface area (Å²) in [6.45, 7) is 4.25. The van der Waals surface area contributed by atoms with E-state index in [0.29, 0.717) is 0 Å². The van der Waals surface area contributed by atoms with Crippen molar-refractivity contribution in [3.8, 4) is 0 Å². The van der Waals surface area contributed by atoms with E-state index in [0.717, 1.165) is 15.6 Å². The highest BCUT2D eigenvalue weighted by molar-refractivity contribution is 9.10. The molecule has 2 rings (SSSR count). The van der Waals surface area contributed by atoms with Gasteiger partial charge >= 0.3 is 0 Å². The standard InChI is InChI=1S/C13H13BrN2O/c1-9-3-4-12(10(2)5-9)13(17)8-16-7-11(14)6-15-16/h3-7H,8H2,1-2H3. The highest BCUT2D eigenvalue weighted by atomic mass is 79.9. The van der Waals surface area contributed by atoms with Gasteiger partial charge in [0.15, 0.2) is 5.78 Å². The molecular formula is C13H13BrN2O. The molecule has 0 bridgehead atoms. The van der Waals surface area contributed by atoms with Crippen molar-refractivity contribution in [1.29, 1.82) is 0 Å². The topological polar surface area (TPSA) is 34.9 Å². The van der Waals surface area contributed by atoms with Crippen molar-refractivity contribution in [2.45, 2.75) is 20.4 Å². The fourth-order valence-corrected chi connectivity index (χ4v) is 2.11. The summed E-state index contributed by atoms with van der Waals surface area (Å²) < 4.78 is 2.51. The molecule has 88 valence electrons. The Morgan fingerprint density at radius 1 is 1.41 bits per heavy atom. The highest BCUT2D eigenvalue weighted by Gasteiger charge is 2.10. The van der Waals surface area contributed by atoms with Gasteiger partial charge in [0.25, 0.3) is 0 Å². The first kappa shape index (κ1) is 12.0. The molecule has 0 unspecified atom stereocenters. The second kappa shape index (κ2) is 4.84. The van der Waals surface area contributed by atoms with Gasteiger partial charge in [-0.1, -0.05) is 23.8 Å². The number of aryl methyl sites for hydroxylation is 2. The molecule has 0 N–H and O–H groups in total. The van der Waals surface area contributed by atoms with Crippen LogP contribution in [0.2, 0.25) is 0 Å². The maximum absolute atomic E-state index is 12.1. The Labute approximate surface area is 109 Å². The van der Waals surface area contributed by atoms with E-state index in [9.17, 15) is 4.79 Å². The molecule has 4 heteroatoms. The third-order valence-electron chi connectivity index (χ3n) is 2.59. The van der Waals surface area contributed by atoms with Gasteiger partial charge in [-0.3, -0.25) is 9.48 Å². The van der Waals surface area contributed by atoms with E-state index in [1.807, 2.05) is 32.0 Å². The molecule has 0 spiro atoms. The zero-order valence-electron chi connectivity index (χ0n) is 9.77. The molecule has 0 atom stereocenters. The summed E-state index contributed by atoms with van der Waals surface area (Å²) in [5.74, 6) is 0.0816. The lowest BCUT2D eigenvalue weighted by atomic mass is 10.0. The second-order valence-electron chi connectivity index (χ2n) is 4.10. The molecule has 0 amide bonds. The van der Waals surface area contributed by atoms with E-state index < -0.39 is 0 Å². The summed E-state index contributed by atoms with van der Waals surface area (Å²) in [5, 5.41) is 4.08. The fraction of sp³-hybridized carbons (Fsp3) is 0.231. The third kappa shape index (κ3) is 2.82. The summed E-state index contributed by atoms with van der Waals surface area (Å²) in [6, 6.07) is 5.86. The maximum atomic E-state index is 12.1. The molecule has 0 saturated carbocycles. The van der Waals surface area contributed by atoms with Crippen LogP contribution < -0.4 is 0 Å². The third-order valence-corrected chi connectivity index (χ3v) is 3.00. The Hall–Kier alpha value is -1.42. The minimum atomic E-state index is 0.0816. The van der Waals surface area contributed by atoms with E-state index >= 15 is 0 Å². The molecule has 3 nitrogen and oxygen atoms in total. The average Bonchev–Trinajstić information content (AvgIpc) is 2.63. The van der Waals surface area contributed by atoms with Crippen molar-refractivity contribution in [1.82, 2.24) is 9.78 Å². The predicted molar refractivity (Wildman–Crippen MR) is 70.2 cm³/mol. The molecule has 1 aromatic carbocycles. The Balaban J connectivity index is 2.20. The number of aromatic nitrogens is 2. The van der Waals surface area contributed by atoms with Crippen LogP contribution in [0.4, 0.5) is 0 Å². The van der Waals surface area contributed by atoms with E-state index in [2.05, 4.69) is 21.0 Å². The van der Waals surface area contributed by atoms with Crippen LogP contribution in [0.15, 0.2) is 35.1 Å². The summed E-state index contributed by atoms with van der Waals surface area (Å²) in [4.78, 5) is 12.1. The van der Waals surface area contributed by atoms with Gasteiger partial charge in [-0.2, -0.15) is 5.10 Å². The Morgan fingerprint density at radius 2 is 2.18 bits per heavy atom. The summed E-state index contributed by atoms with van der Waals surface area (Å²) in [7, 11) is 0. The number of Topliss-reactive ketones (excluding diaryl/α,β-unsaturated/α-hetero) is 1. The van der Waals surface area contributed by atoms with Crippen LogP contribution in [0.1, 0.15) is 21.5 Å². The van der Waals surface area contributed by atoms with Crippen molar-refractivity contribution in [3.05, 3.63) is 51.8 Å². The molecule has 1 heterocycles. The first-order chi connectivity index (χ1) is 8.06. The SMILES string of the molecule is Cc1ccc(C(=O)Cn2cc(Br)cn2)c(C)c1. The highest BCUT2D eigenvalue weighted by Crippen LogP contribution is 2.13. The van der Waals surface area contributed by atoms with Gasteiger partial charge in [0.1, 0.15) is 6.54 Å². The monoisotopic (exact) mass is 292 g/mol. The number of nitrogens with zero attached hydrogens (tertiary/aromatic N) is 2. The molecule has 0 fully saturated rings. The molecule has 0 aliphatic heterocycles. The minimum absolute atomic E-state index is 0.0816. The smallest absolute Gasteiger partial charge is 0.184 e. The predicted octanol–water partition coefficient (Wildman–Crippen LogP) is 3.15. The lowest BCUT2D eigenvalue weighted by molar-refractivity contribution is 0.0967. The minimum Gasteiger partial charge on any atom is -0.292 e. The molecule has 1 aromatic heterocycles. The molecule has 0 aliphatic rings. The largest absolute Gasteiger partial charge is 0.292 e. The van der Waals surface area contributed by atoms with Gasteiger partial charge in [0.2, 0.25) is 0 Å². The van der Waals surface area contributed by atoms with Crippen LogP contribution in [0, 0.1) is 13.8 Å². The number of carbonyl (C=O) groups excluding carboxylic acids is 1. The Kier molecular flexibility index (Phi) is 3.43. The van der Waals surface area contributed by atoms with Crippen molar-refractivity contribution in [2.75, 3.05) is 0 Å². The Morgan fingerprint density at radius 3 is 2.76 bits per heavy atom. The van der Waals surface area contributed by atoms with Crippen LogP contribution in [-0.4, -0.2) is 15.6 Å². The number of benzene rings is 1. The van der Waals surface area contributed by atoms with Crippen LogP contribution >= 0.6 is 15.9 Å². The second-order valence-corrected chi connectivity index (χ2v) is 5.01. The zero-order chi connectivity index (χ0) is 12.4. The molecule has 0 aliphatic carbocycles. The van der Waals surface area contributed by atoms with E-state index in [4.69, 9.17) is 0 Å². The van der Waals surface area contributed by atoms with E-state index in [1.54, 1.807) is 17.1 Å². The first-order valence-corrected chi connectivity index (χ1v) is 6.14. The molecule has 0 saturated heterocycles. The van der Waals surface area contributed by atoms with Crippen LogP contribution in [0.5, 0.6) is 0 Å². The van der Waals surface area contributed by atoms with Gasteiger partial charge in [-0.05, 0) is 35.3 Å². The molecule has 17 heavy (non-hydrogen) atoms. The van der Waals surface area contributed by atoms with E-state index in [-0.39, 0.29) is 12.3 Å². The summed E-state index contributed by atoms with van der Waals surface area (Å²) in [6.07, 6.45) is 3.47. The fourth-order valence-electron chi connectivity index (χ4n) is 1.78. The van der Waals surface area contributed by atoms with Crippen LogP contribution in [-0.2, 0) is 6.54 Å². The lowest BCUT2D eigenvalue weighted by Crippen LogP contribution is -2.12. The summed E-state index contributed by atoms with van der Waals surface area (Å²) >= 11 is 3.31. The van der Waals surface area contributed by atoms with Gasteiger partial charge in [0, 0.05) is 11.8 Å². The number of ketones is 1. The van der Waals surface area contributed by atoms with Crippen molar-refractivity contribution in [3.63, 3.8) is 0 Å². The van der Waals surface area contributed by atoms with E-state index in [1.165, 1.54) is 5.56 Å². The molecular weight excluding hydrogens is 280 g/mol. The van der Waals surface area contributed by atoms with Crippen molar-refractivity contribution in [2.24, 2.45) is 0 Å². The zero-order valence-corrected chi connectivity index (χ0v) is 11.4. The molecule has 2 aromatic rings. The van der Waals surface area contributed by atoms with Crippen molar-refractivity contribution >= 4 is 21.7 Å². The number of hydrogen-bond donors (Lipinski definition) is 0. The Bertz CT molecular complexity index is 560. The number of halogens is 1. The van der Waals surface area contributed by atoms with Crippen LogP contribution in [0.3, 0.4) is 0 Å². The van der Waals surface area contributed by atoms with Crippen LogP contribution in [0.25, 0.3) is 0 Å². The summed E-state index contributed by atoms with van der Waals surface area (Å²) in [5.41, 5.74) is 2.95.